The van der Waals surface area contributed by atoms with Gasteiger partial charge in [0.05, 0.1) is 11.8 Å². The first-order valence-electron chi connectivity index (χ1n) is 4.98. The van der Waals surface area contributed by atoms with Crippen LogP contribution in [0, 0.1) is 6.92 Å². The van der Waals surface area contributed by atoms with Crippen molar-refractivity contribution >= 4 is 22.2 Å². The van der Waals surface area contributed by atoms with E-state index in [-0.39, 0.29) is 6.61 Å². The van der Waals surface area contributed by atoms with Crippen molar-refractivity contribution in [2.24, 2.45) is 0 Å². The van der Waals surface area contributed by atoms with Crippen molar-refractivity contribution in [1.29, 1.82) is 0 Å². The van der Waals surface area contributed by atoms with E-state index in [1.807, 2.05) is 13.0 Å². The maximum atomic E-state index is 11.0. The van der Waals surface area contributed by atoms with Gasteiger partial charge in [0, 0.05) is 10.5 Å². The summed E-state index contributed by atoms with van der Waals surface area (Å²) >= 11 is 3.33. The van der Waals surface area contributed by atoms with Gasteiger partial charge in [0.1, 0.15) is 12.4 Å². The number of aromatic nitrogens is 1. The highest BCUT2D eigenvalue weighted by Gasteiger charge is 2.09. The van der Waals surface area contributed by atoms with E-state index in [0.29, 0.717) is 17.1 Å². The highest BCUT2D eigenvalue weighted by Crippen LogP contribution is 2.27. The topological polar surface area (TPSA) is 52.3 Å². The van der Waals surface area contributed by atoms with Gasteiger partial charge in [-0.3, -0.25) is 4.79 Å². The lowest BCUT2D eigenvalue weighted by Gasteiger charge is -2.10. The smallest absolute Gasteiger partial charge is 0.174 e. The van der Waals surface area contributed by atoms with Gasteiger partial charge in [-0.2, -0.15) is 0 Å². The van der Waals surface area contributed by atoms with Gasteiger partial charge in [-0.15, -0.1) is 0 Å². The predicted molar refractivity (Wildman–Crippen MR) is 65.1 cm³/mol. The molecule has 1 aromatic carbocycles. The number of benzene rings is 1. The average molecular weight is 296 g/mol. The molecule has 5 heteroatoms. The molecule has 0 aliphatic carbocycles. The van der Waals surface area contributed by atoms with Crippen LogP contribution in [0.1, 0.15) is 21.7 Å². The fraction of sp³-hybridized carbons (Fsp3) is 0.167. The minimum Gasteiger partial charge on any atom is -0.485 e. The van der Waals surface area contributed by atoms with Crippen molar-refractivity contribution < 1.29 is 14.1 Å². The second-order valence-corrected chi connectivity index (χ2v) is 4.44. The molecule has 0 atom stereocenters. The number of aldehydes is 1. The lowest BCUT2D eigenvalue weighted by Crippen LogP contribution is -1.99. The minimum atomic E-state index is 0.253. The molecule has 2 rings (SSSR count). The van der Waals surface area contributed by atoms with Gasteiger partial charge >= 0.3 is 0 Å². The molecule has 0 spiro atoms. The van der Waals surface area contributed by atoms with Gasteiger partial charge in [0.15, 0.2) is 12.0 Å². The molecule has 1 aromatic heterocycles. The summed E-state index contributed by atoms with van der Waals surface area (Å²) in [4.78, 5) is 11.0. The van der Waals surface area contributed by atoms with Crippen LogP contribution in [0.2, 0.25) is 0 Å². The molecule has 4 nitrogen and oxygen atoms in total. The third-order valence-corrected chi connectivity index (χ3v) is 2.70. The van der Waals surface area contributed by atoms with Crippen molar-refractivity contribution in [2.45, 2.75) is 13.5 Å². The monoisotopic (exact) mass is 295 g/mol. The van der Waals surface area contributed by atoms with Gasteiger partial charge < -0.3 is 9.26 Å². The van der Waals surface area contributed by atoms with Crippen LogP contribution in [0.3, 0.4) is 0 Å². The van der Waals surface area contributed by atoms with E-state index in [1.165, 1.54) is 0 Å². The Labute approximate surface area is 107 Å². The maximum absolute atomic E-state index is 11.0. The van der Waals surface area contributed by atoms with Gasteiger partial charge in [0.25, 0.3) is 0 Å². The minimum absolute atomic E-state index is 0.253. The first kappa shape index (κ1) is 11.9. The molecular formula is C12H10BrNO3. The van der Waals surface area contributed by atoms with Crippen LogP contribution in [0.5, 0.6) is 5.75 Å². The molecule has 0 aliphatic rings. The van der Waals surface area contributed by atoms with Gasteiger partial charge in [-0.1, -0.05) is 21.1 Å². The van der Waals surface area contributed by atoms with Crippen LogP contribution in [0.15, 0.2) is 33.4 Å². The molecule has 0 N–H and O–H groups in total. The molecule has 0 fully saturated rings. The maximum Gasteiger partial charge on any atom is 0.174 e. The van der Waals surface area contributed by atoms with Crippen molar-refractivity contribution in [3.63, 3.8) is 0 Å². The molecule has 0 unspecified atom stereocenters. The van der Waals surface area contributed by atoms with Crippen LogP contribution in [0.4, 0.5) is 0 Å². The molecule has 0 saturated heterocycles. The average Bonchev–Trinajstić information content (AvgIpc) is 2.79. The van der Waals surface area contributed by atoms with E-state index in [1.54, 1.807) is 18.3 Å². The quantitative estimate of drug-likeness (QED) is 0.813. The van der Waals surface area contributed by atoms with Crippen LogP contribution < -0.4 is 4.74 Å². The molecule has 17 heavy (non-hydrogen) atoms. The molecule has 88 valence electrons. The van der Waals surface area contributed by atoms with Crippen LogP contribution in [-0.2, 0) is 6.61 Å². The Morgan fingerprint density at radius 3 is 3.00 bits per heavy atom. The Morgan fingerprint density at radius 1 is 1.53 bits per heavy atom. The van der Waals surface area contributed by atoms with Crippen LogP contribution >= 0.6 is 15.9 Å². The van der Waals surface area contributed by atoms with Crippen LogP contribution in [-0.4, -0.2) is 11.4 Å². The summed E-state index contributed by atoms with van der Waals surface area (Å²) in [6.45, 7) is 2.14. The van der Waals surface area contributed by atoms with E-state index in [2.05, 4.69) is 21.1 Å². The predicted octanol–water partition coefficient (Wildman–Crippen LogP) is 3.14. The second kappa shape index (κ2) is 5.14. The SMILES string of the molecule is Cc1cc(Br)cc(C=O)c1OCc1ccno1. The summed E-state index contributed by atoms with van der Waals surface area (Å²) in [5.74, 6) is 1.18. The fourth-order valence-corrected chi connectivity index (χ4v) is 2.09. The molecule has 0 radical (unpaired) electrons. The Kier molecular flexibility index (Phi) is 3.58. The normalized spacial score (nSPS) is 10.2. The van der Waals surface area contributed by atoms with Crippen molar-refractivity contribution in [3.8, 4) is 5.75 Å². The first-order valence-corrected chi connectivity index (χ1v) is 5.77. The Hall–Kier alpha value is -1.62. The van der Waals surface area contributed by atoms with E-state index < -0.39 is 0 Å². The molecule has 0 aliphatic heterocycles. The van der Waals surface area contributed by atoms with Gasteiger partial charge in [0.2, 0.25) is 0 Å². The summed E-state index contributed by atoms with van der Waals surface area (Å²) in [7, 11) is 0. The summed E-state index contributed by atoms with van der Waals surface area (Å²) < 4.78 is 11.3. The molecule has 2 aromatic rings. The molecular weight excluding hydrogens is 286 g/mol. The zero-order valence-corrected chi connectivity index (χ0v) is 10.7. The fourth-order valence-electron chi connectivity index (χ4n) is 1.50. The highest BCUT2D eigenvalue weighted by molar-refractivity contribution is 9.10. The van der Waals surface area contributed by atoms with Crippen molar-refractivity contribution in [2.75, 3.05) is 0 Å². The number of halogens is 1. The number of nitrogens with zero attached hydrogens (tertiary/aromatic N) is 1. The zero-order valence-electron chi connectivity index (χ0n) is 9.14. The number of carbonyl (C=O) groups excluding carboxylic acids is 1. The zero-order chi connectivity index (χ0) is 12.3. The first-order chi connectivity index (χ1) is 8.20. The summed E-state index contributed by atoms with van der Waals surface area (Å²) in [6, 6.07) is 5.33. The molecule has 0 bridgehead atoms. The largest absolute Gasteiger partial charge is 0.485 e. The van der Waals surface area contributed by atoms with Crippen molar-refractivity contribution in [3.05, 3.63) is 45.8 Å². The standard InChI is InChI=1S/C12H10BrNO3/c1-8-4-10(13)5-9(6-15)12(8)16-7-11-2-3-14-17-11/h2-6H,7H2,1H3. The Morgan fingerprint density at radius 2 is 2.35 bits per heavy atom. The number of carbonyl (C=O) groups is 1. The Balaban J connectivity index is 2.22. The Bertz CT molecular complexity index is 523. The van der Waals surface area contributed by atoms with Crippen LogP contribution in [0.25, 0.3) is 0 Å². The lowest BCUT2D eigenvalue weighted by molar-refractivity contribution is 0.111. The van der Waals surface area contributed by atoms with Crippen molar-refractivity contribution in [1.82, 2.24) is 5.16 Å². The summed E-state index contributed by atoms with van der Waals surface area (Å²) in [5.41, 5.74) is 1.40. The third-order valence-electron chi connectivity index (χ3n) is 2.25. The third kappa shape index (κ3) is 2.74. The number of hydrogen-bond acceptors (Lipinski definition) is 4. The van der Waals surface area contributed by atoms with E-state index in [4.69, 9.17) is 9.26 Å². The number of rotatable bonds is 4. The molecule has 0 saturated carbocycles. The highest BCUT2D eigenvalue weighted by atomic mass is 79.9. The van der Waals surface area contributed by atoms with E-state index in [9.17, 15) is 4.79 Å². The number of aryl methyl sites for hydroxylation is 1. The molecule has 0 amide bonds. The second-order valence-electron chi connectivity index (χ2n) is 3.53. The van der Waals surface area contributed by atoms with Gasteiger partial charge in [-0.25, -0.2) is 0 Å². The summed E-state index contributed by atoms with van der Waals surface area (Å²) in [5, 5.41) is 3.58. The van der Waals surface area contributed by atoms with E-state index in [0.717, 1.165) is 16.3 Å². The molecule has 1 heterocycles. The summed E-state index contributed by atoms with van der Waals surface area (Å²) in [6.07, 6.45) is 2.32. The lowest BCUT2D eigenvalue weighted by atomic mass is 10.1. The van der Waals surface area contributed by atoms with E-state index >= 15 is 0 Å². The van der Waals surface area contributed by atoms with Gasteiger partial charge in [-0.05, 0) is 24.6 Å². The number of hydrogen-bond donors (Lipinski definition) is 0. The number of ether oxygens (including phenoxy) is 1.